The molecule has 0 N–H and O–H groups in total. The second-order valence-corrected chi connectivity index (χ2v) is 9.44. The zero-order valence-corrected chi connectivity index (χ0v) is 17.8. The lowest BCUT2D eigenvalue weighted by atomic mass is 9.72. The molecule has 0 radical (unpaired) electrons. The number of allylic oxidation sites excluding steroid dienone is 5. The lowest BCUT2D eigenvalue weighted by molar-refractivity contribution is -0.104. The van der Waals surface area contributed by atoms with Crippen molar-refractivity contribution in [2.75, 3.05) is 37.6 Å². The van der Waals surface area contributed by atoms with Crippen LogP contribution in [0.3, 0.4) is 0 Å². The van der Waals surface area contributed by atoms with Crippen LogP contribution in [0, 0.1) is 11.3 Å². The van der Waals surface area contributed by atoms with Gasteiger partial charge in [-0.25, -0.2) is 14.4 Å². The maximum Gasteiger partial charge on any atom is 0.188 e. The fraction of sp³-hybridized carbons (Fsp3) is 0.542. The van der Waals surface area contributed by atoms with Gasteiger partial charge in [-0.3, -0.25) is 4.79 Å². The van der Waals surface area contributed by atoms with E-state index in [-0.39, 0.29) is 0 Å². The van der Waals surface area contributed by atoms with Gasteiger partial charge in [0, 0.05) is 38.1 Å². The molecule has 0 bridgehead atoms. The first-order valence-corrected chi connectivity index (χ1v) is 11.3. The molecule has 0 amide bonds. The topological polar surface area (TPSA) is 58.6 Å². The smallest absolute Gasteiger partial charge is 0.188 e. The molecule has 1 unspecified atom stereocenters. The summed E-state index contributed by atoms with van der Waals surface area (Å²) in [7, 11) is 0. The number of carbonyl (C=O) groups is 1. The second kappa shape index (κ2) is 8.54. The standard InChI is InChI=1S/C24H29FN4O2/c25-20-7-6-19(12-30)21(9-8-20)31-22-10-26-17-27-23(22)29-15-24(16-29)13-28(14-24)11-18-4-2-1-3-5-18/h6-10,12,17-18,20H,1-5,11,13-16H2. The van der Waals surface area contributed by atoms with E-state index >= 15 is 0 Å². The van der Waals surface area contributed by atoms with E-state index in [2.05, 4.69) is 19.8 Å². The van der Waals surface area contributed by atoms with Crippen molar-refractivity contribution < 1.29 is 13.9 Å². The average Bonchev–Trinajstić information content (AvgIpc) is 2.91. The Morgan fingerprint density at radius 1 is 1.13 bits per heavy atom. The summed E-state index contributed by atoms with van der Waals surface area (Å²) >= 11 is 0. The van der Waals surface area contributed by atoms with E-state index in [1.54, 1.807) is 6.20 Å². The lowest BCUT2D eigenvalue weighted by Crippen LogP contribution is -2.72. The number of carbonyl (C=O) groups excluding carboxylic acids is 1. The van der Waals surface area contributed by atoms with E-state index in [1.165, 1.54) is 69.3 Å². The van der Waals surface area contributed by atoms with Gasteiger partial charge in [-0.05, 0) is 43.1 Å². The number of rotatable bonds is 6. The van der Waals surface area contributed by atoms with Crippen LogP contribution in [0.2, 0.25) is 0 Å². The first-order valence-electron chi connectivity index (χ1n) is 11.3. The molecule has 1 atom stereocenters. The predicted molar refractivity (Wildman–Crippen MR) is 117 cm³/mol. The molecule has 1 aromatic heterocycles. The summed E-state index contributed by atoms with van der Waals surface area (Å²) < 4.78 is 19.6. The van der Waals surface area contributed by atoms with Crippen LogP contribution in [-0.2, 0) is 4.79 Å². The van der Waals surface area contributed by atoms with Crippen LogP contribution in [0.5, 0.6) is 5.75 Å². The number of aldehydes is 1. The maximum atomic E-state index is 13.6. The highest BCUT2D eigenvalue weighted by molar-refractivity contribution is 5.79. The number of alkyl halides is 1. The number of likely N-dealkylation sites (tertiary alicyclic amines) is 1. The van der Waals surface area contributed by atoms with Gasteiger partial charge in [-0.1, -0.05) is 19.3 Å². The van der Waals surface area contributed by atoms with E-state index in [1.807, 2.05) is 0 Å². The number of aromatic nitrogens is 2. The van der Waals surface area contributed by atoms with Gasteiger partial charge in [0.05, 0.1) is 11.8 Å². The third kappa shape index (κ3) is 4.28. The van der Waals surface area contributed by atoms with E-state index in [4.69, 9.17) is 4.74 Å². The summed E-state index contributed by atoms with van der Waals surface area (Å²) in [6.45, 7) is 5.47. The molecule has 1 spiro atoms. The van der Waals surface area contributed by atoms with Crippen molar-refractivity contribution in [3.8, 4) is 5.75 Å². The molecule has 164 valence electrons. The summed E-state index contributed by atoms with van der Waals surface area (Å²) in [4.78, 5) is 24.8. The zero-order valence-electron chi connectivity index (χ0n) is 17.8. The minimum absolute atomic E-state index is 0.295. The Hall–Kier alpha value is -2.54. The van der Waals surface area contributed by atoms with E-state index in [0.29, 0.717) is 28.8 Å². The van der Waals surface area contributed by atoms with Crippen LogP contribution < -0.4 is 9.64 Å². The van der Waals surface area contributed by atoms with Crippen LogP contribution in [0.15, 0.2) is 48.2 Å². The van der Waals surface area contributed by atoms with Gasteiger partial charge in [-0.15, -0.1) is 0 Å². The summed E-state index contributed by atoms with van der Waals surface area (Å²) in [6.07, 6.45) is 15.2. The number of hydrogen-bond donors (Lipinski definition) is 0. The zero-order chi connectivity index (χ0) is 21.3. The van der Waals surface area contributed by atoms with Crippen LogP contribution >= 0.6 is 0 Å². The van der Waals surface area contributed by atoms with E-state index in [9.17, 15) is 9.18 Å². The molecule has 2 aliphatic carbocycles. The minimum atomic E-state index is -1.24. The highest BCUT2D eigenvalue weighted by Gasteiger charge is 2.52. The van der Waals surface area contributed by atoms with Gasteiger partial charge >= 0.3 is 0 Å². The molecule has 7 heteroatoms. The highest BCUT2D eigenvalue weighted by Crippen LogP contribution is 2.44. The number of halogens is 1. The van der Waals surface area contributed by atoms with Crippen molar-refractivity contribution in [1.29, 1.82) is 0 Å². The van der Waals surface area contributed by atoms with Crippen LogP contribution in [0.25, 0.3) is 0 Å². The lowest BCUT2D eigenvalue weighted by Gasteiger charge is -2.61. The molecule has 6 nitrogen and oxygen atoms in total. The molecular formula is C24H29FN4O2. The highest BCUT2D eigenvalue weighted by atomic mass is 19.1. The maximum absolute atomic E-state index is 13.6. The van der Waals surface area contributed by atoms with Gasteiger partial charge in [0.2, 0.25) is 0 Å². The van der Waals surface area contributed by atoms with Gasteiger partial charge in [0.15, 0.2) is 17.9 Å². The number of nitrogens with zero attached hydrogens (tertiary/aromatic N) is 4. The van der Waals surface area contributed by atoms with Gasteiger partial charge in [0.1, 0.15) is 18.3 Å². The molecule has 1 saturated carbocycles. The van der Waals surface area contributed by atoms with Crippen molar-refractivity contribution >= 4 is 12.1 Å². The first kappa shape index (κ1) is 20.4. The molecule has 4 aliphatic rings. The molecule has 3 heterocycles. The summed E-state index contributed by atoms with van der Waals surface area (Å²) in [5.41, 5.74) is 0.653. The molecule has 3 fully saturated rings. The van der Waals surface area contributed by atoms with Crippen molar-refractivity contribution in [3.05, 3.63) is 48.2 Å². The Morgan fingerprint density at radius 2 is 1.90 bits per heavy atom. The quantitative estimate of drug-likeness (QED) is 0.652. The Kier molecular flexibility index (Phi) is 5.61. The fourth-order valence-corrected chi connectivity index (χ4v) is 5.43. The molecule has 2 aliphatic heterocycles. The number of anilines is 1. The van der Waals surface area contributed by atoms with Crippen molar-refractivity contribution in [2.24, 2.45) is 11.3 Å². The van der Waals surface area contributed by atoms with Crippen molar-refractivity contribution in [1.82, 2.24) is 14.9 Å². The third-order valence-corrected chi connectivity index (χ3v) is 6.89. The summed E-state index contributed by atoms with van der Waals surface area (Å²) in [5.74, 6) is 2.40. The second-order valence-electron chi connectivity index (χ2n) is 9.44. The molecular weight excluding hydrogens is 395 g/mol. The first-order chi connectivity index (χ1) is 15.1. The molecule has 1 aromatic rings. The van der Waals surface area contributed by atoms with Gasteiger partial charge in [-0.2, -0.15) is 0 Å². The van der Waals surface area contributed by atoms with Crippen LogP contribution in [-0.4, -0.2) is 60.0 Å². The van der Waals surface area contributed by atoms with E-state index in [0.717, 1.165) is 37.9 Å². The Bertz CT molecular complexity index is 908. The van der Waals surface area contributed by atoms with Crippen LogP contribution in [0.4, 0.5) is 10.2 Å². The Balaban J connectivity index is 1.21. The van der Waals surface area contributed by atoms with E-state index < -0.39 is 6.17 Å². The molecule has 2 saturated heterocycles. The summed E-state index contributed by atoms with van der Waals surface area (Å²) in [5, 5.41) is 0. The SMILES string of the molecule is O=CC1=C(Oc2cncnc2N2CC3(CN(CC4CCCCC4)C3)C2)C=CC(F)C=C1. The van der Waals surface area contributed by atoms with Crippen molar-refractivity contribution in [3.63, 3.8) is 0 Å². The fourth-order valence-electron chi connectivity index (χ4n) is 5.43. The van der Waals surface area contributed by atoms with Crippen LogP contribution in [0.1, 0.15) is 32.1 Å². The molecule has 31 heavy (non-hydrogen) atoms. The third-order valence-electron chi connectivity index (χ3n) is 6.89. The minimum Gasteiger partial charge on any atom is -0.451 e. The number of hydrogen-bond acceptors (Lipinski definition) is 6. The monoisotopic (exact) mass is 424 g/mol. The van der Waals surface area contributed by atoms with Crippen molar-refractivity contribution in [2.45, 2.75) is 38.3 Å². The largest absolute Gasteiger partial charge is 0.451 e. The Morgan fingerprint density at radius 3 is 2.68 bits per heavy atom. The predicted octanol–water partition coefficient (Wildman–Crippen LogP) is 3.47. The summed E-state index contributed by atoms with van der Waals surface area (Å²) in [6, 6.07) is 0. The number of ether oxygens (including phenoxy) is 1. The molecule has 5 rings (SSSR count). The molecule has 0 aromatic carbocycles. The normalized spacial score (nSPS) is 25.8. The van der Waals surface area contributed by atoms with Gasteiger partial charge in [0.25, 0.3) is 0 Å². The Labute approximate surface area is 182 Å². The van der Waals surface area contributed by atoms with Gasteiger partial charge < -0.3 is 14.5 Å². The average molecular weight is 425 g/mol.